The Morgan fingerprint density at radius 1 is 0.870 bits per heavy atom. The number of phenols is 2. The summed E-state index contributed by atoms with van der Waals surface area (Å²) in [6.07, 6.45) is 4.80. The van der Waals surface area contributed by atoms with Crippen LogP contribution in [0.3, 0.4) is 0 Å². The summed E-state index contributed by atoms with van der Waals surface area (Å²) < 4.78 is 0. The number of hydrogen-bond donors (Lipinski definition) is 3. The normalized spacial score (nSPS) is 12.4. The van der Waals surface area contributed by atoms with E-state index >= 15 is 0 Å². The van der Waals surface area contributed by atoms with Crippen molar-refractivity contribution in [1.82, 2.24) is 0 Å². The van der Waals surface area contributed by atoms with Crippen LogP contribution in [-0.2, 0) is 0 Å². The van der Waals surface area contributed by atoms with Gasteiger partial charge in [-0.05, 0) is 54.5 Å². The molecule has 0 fully saturated rings. The number of aliphatic hydroxyl groups is 1. The molecule has 0 bridgehead atoms. The number of benzene rings is 2. The van der Waals surface area contributed by atoms with Crippen molar-refractivity contribution in [2.45, 2.75) is 12.8 Å². The van der Waals surface area contributed by atoms with Gasteiger partial charge < -0.3 is 15.3 Å². The van der Waals surface area contributed by atoms with E-state index < -0.39 is 0 Å². The summed E-state index contributed by atoms with van der Waals surface area (Å²) in [5.74, 6) is 0.470. The van der Waals surface area contributed by atoms with E-state index in [4.69, 9.17) is 0 Å². The van der Waals surface area contributed by atoms with Crippen LogP contribution in [-0.4, -0.2) is 15.3 Å². The largest absolute Gasteiger partial charge is 0.508 e. The third-order valence-corrected chi connectivity index (χ3v) is 3.63. The lowest BCUT2D eigenvalue weighted by atomic mass is 9.85. The zero-order valence-electron chi connectivity index (χ0n) is 13.0. The first-order valence-electron chi connectivity index (χ1n) is 7.29. The number of aromatic hydroxyl groups is 2. The Balaban J connectivity index is 2.48. The summed E-state index contributed by atoms with van der Waals surface area (Å²) in [4.78, 5) is 0. The summed E-state index contributed by atoms with van der Waals surface area (Å²) in [6, 6.07) is 14.0. The second-order valence-corrected chi connectivity index (χ2v) is 5.32. The minimum atomic E-state index is -0.0509. The van der Waals surface area contributed by atoms with Gasteiger partial charge in [-0.2, -0.15) is 0 Å². The van der Waals surface area contributed by atoms with Gasteiger partial charge in [0.15, 0.2) is 0 Å². The maximum Gasteiger partial charge on any atom is 0.115 e. The second kappa shape index (κ2) is 7.36. The minimum absolute atomic E-state index is 0.0509. The molecule has 2 aromatic rings. The lowest BCUT2D eigenvalue weighted by molar-refractivity contribution is 0.433. The van der Waals surface area contributed by atoms with Gasteiger partial charge in [0.05, 0.1) is 0 Å². The molecule has 118 valence electrons. The fraction of sp³-hybridized carbons (Fsp3) is 0.100. The molecule has 0 heterocycles. The molecule has 0 saturated heterocycles. The van der Waals surface area contributed by atoms with Gasteiger partial charge in [0.1, 0.15) is 17.3 Å². The van der Waals surface area contributed by atoms with Crippen LogP contribution in [0.4, 0.5) is 0 Å². The Morgan fingerprint density at radius 3 is 1.70 bits per heavy atom. The van der Waals surface area contributed by atoms with Crippen molar-refractivity contribution in [3.05, 3.63) is 95.8 Å². The zero-order valence-corrected chi connectivity index (χ0v) is 13.0. The van der Waals surface area contributed by atoms with Gasteiger partial charge in [0.25, 0.3) is 0 Å². The van der Waals surface area contributed by atoms with Crippen molar-refractivity contribution in [2.24, 2.45) is 0 Å². The van der Waals surface area contributed by atoms with Crippen molar-refractivity contribution in [1.29, 1.82) is 0 Å². The summed E-state index contributed by atoms with van der Waals surface area (Å²) in [6.45, 7) is 5.49. The topological polar surface area (TPSA) is 60.7 Å². The molecule has 0 unspecified atom stereocenters. The SMILES string of the molecule is C=C/C(O)=C\C=C(/C)C(c1ccc(O)cc1)c1ccc(O)cc1. The van der Waals surface area contributed by atoms with Crippen molar-refractivity contribution in [3.8, 4) is 11.5 Å². The van der Waals surface area contributed by atoms with E-state index in [0.717, 1.165) is 16.7 Å². The van der Waals surface area contributed by atoms with E-state index in [1.165, 1.54) is 6.08 Å². The predicted octanol–water partition coefficient (Wildman–Crippen LogP) is 4.80. The summed E-state index contributed by atoms with van der Waals surface area (Å²) in [7, 11) is 0. The minimum Gasteiger partial charge on any atom is -0.508 e. The highest BCUT2D eigenvalue weighted by molar-refractivity contribution is 5.44. The first-order chi connectivity index (χ1) is 11.0. The lowest BCUT2D eigenvalue weighted by Crippen LogP contribution is -2.02. The van der Waals surface area contributed by atoms with Gasteiger partial charge in [0.2, 0.25) is 0 Å². The Labute approximate surface area is 136 Å². The van der Waals surface area contributed by atoms with E-state index in [-0.39, 0.29) is 23.2 Å². The van der Waals surface area contributed by atoms with Gasteiger partial charge in [0, 0.05) is 5.92 Å². The van der Waals surface area contributed by atoms with E-state index in [0.29, 0.717) is 0 Å². The van der Waals surface area contributed by atoms with Crippen molar-refractivity contribution >= 4 is 0 Å². The number of phenolic OH excluding ortho intramolecular Hbond substituents is 2. The van der Waals surface area contributed by atoms with Crippen molar-refractivity contribution < 1.29 is 15.3 Å². The van der Waals surface area contributed by atoms with E-state index in [1.54, 1.807) is 30.3 Å². The van der Waals surface area contributed by atoms with Crippen LogP contribution in [0.1, 0.15) is 24.0 Å². The van der Waals surface area contributed by atoms with Gasteiger partial charge in [-0.25, -0.2) is 0 Å². The fourth-order valence-electron chi connectivity index (χ4n) is 2.43. The van der Waals surface area contributed by atoms with E-state index in [9.17, 15) is 15.3 Å². The Bertz CT molecular complexity index is 677. The molecule has 0 radical (unpaired) electrons. The van der Waals surface area contributed by atoms with Crippen LogP contribution in [0.2, 0.25) is 0 Å². The number of hydrogen-bond acceptors (Lipinski definition) is 3. The lowest BCUT2D eigenvalue weighted by Gasteiger charge is -2.19. The third kappa shape index (κ3) is 4.27. The molecule has 2 aromatic carbocycles. The molecule has 2 rings (SSSR count). The van der Waals surface area contributed by atoms with E-state index in [1.807, 2.05) is 37.3 Å². The average Bonchev–Trinajstić information content (AvgIpc) is 2.56. The highest BCUT2D eigenvalue weighted by Crippen LogP contribution is 2.33. The van der Waals surface area contributed by atoms with Crippen LogP contribution in [0, 0.1) is 0 Å². The molecule has 0 amide bonds. The van der Waals surface area contributed by atoms with E-state index in [2.05, 4.69) is 6.58 Å². The van der Waals surface area contributed by atoms with Crippen LogP contribution in [0.15, 0.2) is 84.7 Å². The molecule has 3 nitrogen and oxygen atoms in total. The van der Waals surface area contributed by atoms with Gasteiger partial charge in [-0.1, -0.05) is 42.5 Å². The fourth-order valence-corrected chi connectivity index (χ4v) is 2.43. The molecule has 0 aliphatic heterocycles. The predicted molar refractivity (Wildman–Crippen MR) is 92.7 cm³/mol. The molecular weight excluding hydrogens is 288 g/mol. The second-order valence-electron chi connectivity index (χ2n) is 5.32. The first-order valence-corrected chi connectivity index (χ1v) is 7.29. The van der Waals surface area contributed by atoms with Gasteiger partial charge >= 0.3 is 0 Å². The monoisotopic (exact) mass is 308 g/mol. The zero-order chi connectivity index (χ0) is 16.8. The molecule has 0 aliphatic carbocycles. The Morgan fingerprint density at radius 2 is 1.30 bits per heavy atom. The third-order valence-electron chi connectivity index (χ3n) is 3.63. The quantitative estimate of drug-likeness (QED) is 0.549. The molecule has 0 saturated carbocycles. The molecule has 0 spiro atoms. The maximum absolute atomic E-state index is 9.53. The number of allylic oxidation sites excluding steroid dienone is 4. The molecule has 23 heavy (non-hydrogen) atoms. The van der Waals surface area contributed by atoms with Crippen LogP contribution in [0.25, 0.3) is 0 Å². The molecule has 3 N–H and O–H groups in total. The standard InChI is InChI=1S/C20H20O3/c1-3-17(21)9-4-14(2)20(15-5-10-18(22)11-6-15)16-7-12-19(23)13-8-16/h3-13,20-23H,1H2,2H3/b14-4+,17-9+. The average molecular weight is 308 g/mol. The molecule has 0 aromatic heterocycles. The Hall–Kier alpha value is -2.94. The number of rotatable bonds is 5. The molecule has 3 heteroatoms. The van der Waals surface area contributed by atoms with Crippen LogP contribution < -0.4 is 0 Å². The molecule has 0 atom stereocenters. The summed E-state index contributed by atoms with van der Waals surface area (Å²) in [5.41, 5.74) is 3.03. The highest BCUT2D eigenvalue weighted by Gasteiger charge is 2.16. The maximum atomic E-state index is 9.53. The van der Waals surface area contributed by atoms with Crippen molar-refractivity contribution in [3.63, 3.8) is 0 Å². The highest BCUT2D eigenvalue weighted by atomic mass is 16.3. The number of aliphatic hydroxyl groups excluding tert-OH is 1. The van der Waals surface area contributed by atoms with Gasteiger partial charge in [-0.3, -0.25) is 0 Å². The molecule has 0 aliphatic rings. The van der Waals surface area contributed by atoms with Crippen molar-refractivity contribution in [2.75, 3.05) is 0 Å². The summed E-state index contributed by atoms with van der Waals surface area (Å²) >= 11 is 0. The van der Waals surface area contributed by atoms with Crippen LogP contribution >= 0.6 is 0 Å². The molecular formula is C20H20O3. The smallest absolute Gasteiger partial charge is 0.115 e. The Kier molecular flexibility index (Phi) is 5.26. The summed E-state index contributed by atoms with van der Waals surface area (Å²) in [5, 5.41) is 28.5. The van der Waals surface area contributed by atoms with Crippen LogP contribution in [0.5, 0.6) is 11.5 Å². The first kappa shape index (κ1) is 16.4. The van der Waals surface area contributed by atoms with Gasteiger partial charge in [-0.15, -0.1) is 0 Å².